The first-order chi connectivity index (χ1) is 57.1. The van der Waals surface area contributed by atoms with Gasteiger partial charge in [-0.25, -0.2) is 0 Å². The second kappa shape index (κ2) is 55.1. The summed E-state index contributed by atoms with van der Waals surface area (Å²) >= 11 is 0. The van der Waals surface area contributed by atoms with Crippen LogP contribution in [0, 0.1) is 0 Å². The molecule has 0 heterocycles. The lowest BCUT2D eigenvalue weighted by atomic mass is 9.93. The van der Waals surface area contributed by atoms with Crippen molar-refractivity contribution in [1.82, 2.24) is 0 Å². The molecule has 0 saturated carbocycles. The quantitative estimate of drug-likeness (QED) is 0.0154. The van der Waals surface area contributed by atoms with Gasteiger partial charge in [-0.15, -0.1) is 0 Å². The van der Waals surface area contributed by atoms with Gasteiger partial charge < -0.3 is 56.8 Å². The van der Waals surface area contributed by atoms with Crippen molar-refractivity contribution >= 4 is 76.6 Å². The van der Waals surface area contributed by atoms with Crippen LogP contribution in [0.1, 0.15) is 352 Å². The highest BCUT2D eigenvalue weighted by atomic mass is 16.6. The van der Waals surface area contributed by atoms with Crippen molar-refractivity contribution in [3.05, 3.63) is 72.8 Å². The Kier molecular flexibility index (Phi) is 44.5. The molecular weight excluding hydrogens is 1450 g/mol. The third-order valence-electron chi connectivity index (χ3n) is 22.3. The lowest BCUT2D eigenvalue weighted by molar-refractivity contribution is -0.135. The van der Waals surface area contributed by atoms with E-state index in [2.05, 4.69) is 130 Å². The number of hydrogen-bond acceptors (Lipinski definition) is 14. The van der Waals surface area contributed by atoms with Crippen molar-refractivity contribution in [3.8, 4) is 69.0 Å². The maximum Gasteiger partial charge on any atom is 0.311 e. The Morgan fingerprint density at radius 3 is 0.422 bits per heavy atom. The number of carbonyl (C=O) groups excluding carboxylic acids is 2. The predicted octanol–water partition coefficient (Wildman–Crippen LogP) is 30.3. The van der Waals surface area contributed by atoms with Crippen molar-refractivity contribution < 1.29 is 66.4 Å². The molecule has 8 aromatic rings. The van der Waals surface area contributed by atoms with E-state index in [0.29, 0.717) is 102 Å². The summed E-state index contributed by atoms with van der Waals surface area (Å²) in [5.41, 5.74) is 0. The standard InChI is InChI=1S/C102H150O14/c1-11-21-43-55-105-89-65-77-79-67-91(107-57-45-23-13-3)95(111-61-49-27-17-7)71-83(79)87-75-99(97(113-63-51-29-19-9)73-85(87)81(77)69-93(89)109-59-47-25-15-5)115-101(103)53-41-39-37-35-33-31-32-34-36-38-40-42-54-102(104)116-100-76-88-84-72-96(112-62-50-28-18-8)92(108-58-46-24-14-4)68-80(84)78-66-90(106-56-44-22-12-2)94(110-60-48-26-16-6)70-82(78)86(88)74-98(100)114-64-52-30-20-10/h65-76H,11-64H2,1-10H3. The molecule has 0 amide bonds. The van der Waals surface area contributed by atoms with Gasteiger partial charge in [0.2, 0.25) is 0 Å². The van der Waals surface area contributed by atoms with Crippen LogP contribution in [0.3, 0.4) is 0 Å². The smallest absolute Gasteiger partial charge is 0.311 e. The summed E-state index contributed by atoms with van der Waals surface area (Å²) in [6, 6.07) is 25.5. The lowest BCUT2D eigenvalue weighted by Crippen LogP contribution is -2.09. The largest absolute Gasteiger partial charge is 0.490 e. The highest BCUT2D eigenvalue weighted by Gasteiger charge is 2.25. The minimum atomic E-state index is -0.253. The molecule has 8 aromatic carbocycles. The van der Waals surface area contributed by atoms with Crippen LogP contribution in [0.25, 0.3) is 64.6 Å². The number of carbonyl (C=O) groups is 2. The molecule has 0 atom stereocenters. The van der Waals surface area contributed by atoms with Gasteiger partial charge in [0.25, 0.3) is 0 Å². The number of rotatable bonds is 67. The molecule has 0 aliphatic carbocycles. The molecule has 0 aliphatic rings. The van der Waals surface area contributed by atoms with E-state index in [-0.39, 0.29) is 11.9 Å². The summed E-state index contributed by atoms with van der Waals surface area (Å²) < 4.78 is 79.3. The molecule has 0 unspecified atom stereocenters. The fraction of sp³-hybridized carbons (Fsp3) is 0.627. The van der Waals surface area contributed by atoms with Crippen LogP contribution in [0.4, 0.5) is 0 Å². The Hall–Kier alpha value is -7.74. The summed E-state index contributed by atoms with van der Waals surface area (Å²) in [6.07, 6.45) is 44.3. The van der Waals surface area contributed by atoms with Crippen LogP contribution in [0.15, 0.2) is 72.8 Å². The topological polar surface area (TPSA) is 145 Å². The van der Waals surface area contributed by atoms with E-state index >= 15 is 0 Å². The number of hydrogen-bond donors (Lipinski definition) is 0. The predicted molar refractivity (Wildman–Crippen MR) is 484 cm³/mol. The second-order valence-electron chi connectivity index (χ2n) is 32.3. The number of ether oxygens (including phenoxy) is 12. The molecule has 0 spiro atoms. The van der Waals surface area contributed by atoms with Gasteiger partial charge in [0.1, 0.15) is 0 Å². The number of benzene rings is 8. The van der Waals surface area contributed by atoms with Crippen LogP contribution in [-0.4, -0.2) is 78.0 Å². The van der Waals surface area contributed by atoms with Gasteiger partial charge >= 0.3 is 11.9 Å². The van der Waals surface area contributed by atoms with Crippen LogP contribution in [0.2, 0.25) is 0 Å². The van der Waals surface area contributed by atoms with E-state index in [1.54, 1.807) is 0 Å². The molecular formula is C102H150O14. The Bertz CT molecular complexity index is 3800. The van der Waals surface area contributed by atoms with Gasteiger partial charge in [-0.2, -0.15) is 0 Å². The monoisotopic (exact) mass is 1600 g/mol. The average Bonchev–Trinajstić information content (AvgIpc) is 0.731. The van der Waals surface area contributed by atoms with Gasteiger partial charge in [-0.1, -0.05) is 262 Å². The van der Waals surface area contributed by atoms with Crippen molar-refractivity contribution in [2.24, 2.45) is 0 Å². The number of unbranched alkanes of at least 4 members (excludes halogenated alkanes) is 31. The van der Waals surface area contributed by atoms with Gasteiger partial charge in [0.15, 0.2) is 69.0 Å². The SMILES string of the molecule is CCCCCOc1cc2c3cc(OCCCCC)c(OCCCCC)cc3c3cc(OC(=O)CCCCCCCCCCCCCCC(=O)Oc4cc5c6cc(OCCCCC)c(OCCCCC)cc6c6cc(OCCCCC)c(OCCCCC)cc6c5cc4OCCCCC)c(OCCCCC)cc3c2cc1OCCCCC. The van der Waals surface area contributed by atoms with Crippen LogP contribution in [-0.2, 0) is 9.59 Å². The molecule has 0 fully saturated rings. The molecule has 0 N–H and O–H groups in total. The summed E-state index contributed by atoms with van der Waals surface area (Å²) in [5, 5.41) is 11.8. The Morgan fingerprint density at radius 1 is 0.164 bits per heavy atom. The number of fused-ring (bicyclic) bond motifs is 12. The summed E-state index contributed by atoms with van der Waals surface area (Å²) in [6.45, 7) is 27.9. The van der Waals surface area contributed by atoms with E-state index in [1.807, 2.05) is 12.1 Å². The van der Waals surface area contributed by atoms with Gasteiger partial charge in [0.05, 0.1) is 66.1 Å². The van der Waals surface area contributed by atoms with Gasteiger partial charge in [0, 0.05) is 12.8 Å². The van der Waals surface area contributed by atoms with Crippen molar-refractivity contribution in [2.75, 3.05) is 66.1 Å². The van der Waals surface area contributed by atoms with Crippen molar-refractivity contribution in [1.29, 1.82) is 0 Å². The number of esters is 2. The molecule has 642 valence electrons. The molecule has 8 rings (SSSR count). The molecule has 0 saturated heterocycles. The van der Waals surface area contributed by atoms with E-state index in [4.69, 9.17) is 56.8 Å². The fourth-order valence-corrected chi connectivity index (χ4v) is 15.3. The first-order valence-electron chi connectivity index (χ1n) is 46.9. The first kappa shape index (κ1) is 93.8. The lowest BCUT2D eigenvalue weighted by Gasteiger charge is -2.20. The molecule has 14 heteroatoms. The second-order valence-corrected chi connectivity index (χ2v) is 32.3. The van der Waals surface area contributed by atoms with Crippen LogP contribution < -0.4 is 56.8 Å². The minimum absolute atomic E-state index is 0.253. The van der Waals surface area contributed by atoms with Crippen LogP contribution in [0.5, 0.6) is 69.0 Å². The average molecular weight is 1600 g/mol. The van der Waals surface area contributed by atoms with Crippen LogP contribution >= 0.6 is 0 Å². The summed E-state index contributed by atoms with van der Waals surface area (Å²) in [5.74, 6) is 7.33. The zero-order valence-corrected chi connectivity index (χ0v) is 73.8. The molecule has 0 aromatic heterocycles. The molecule has 116 heavy (non-hydrogen) atoms. The molecule has 0 aliphatic heterocycles. The summed E-state index contributed by atoms with van der Waals surface area (Å²) in [7, 11) is 0. The Labute approximate surface area is 698 Å². The first-order valence-corrected chi connectivity index (χ1v) is 46.9. The molecule has 14 nitrogen and oxygen atoms in total. The third kappa shape index (κ3) is 30.3. The fourth-order valence-electron chi connectivity index (χ4n) is 15.3. The van der Waals surface area contributed by atoms with Crippen molar-refractivity contribution in [3.63, 3.8) is 0 Å². The Balaban J connectivity index is 0.904. The zero-order chi connectivity index (χ0) is 82.2. The third-order valence-corrected chi connectivity index (χ3v) is 22.3. The van der Waals surface area contributed by atoms with E-state index < -0.39 is 0 Å². The zero-order valence-electron chi connectivity index (χ0n) is 73.8. The molecule has 0 radical (unpaired) electrons. The maximum absolute atomic E-state index is 14.1. The maximum atomic E-state index is 14.1. The van der Waals surface area contributed by atoms with E-state index in [0.717, 1.165) is 355 Å². The van der Waals surface area contributed by atoms with E-state index in [9.17, 15) is 9.59 Å². The van der Waals surface area contributed by atoms with E-state index in [1.165, 1.54) is 25.7 Å². The summed E-state index contributed by atoms with van der Waals surface area (Å²) in [4.78, 5) is 28.2. The van der Waals surface area contributed by atoms with Gasteiger partial charge in [-0.3, -0.25) is 9.59 Å². The normalized spacial score (nSPS) is 11.6. The highest BCUT2D eigenvalue weighted by molar-refractivity contribution is 6.28. The Morgan fingerprint density at radius 2 is 0.284 bits per heavy atom. The van der Waals surface area contributed by atoms with Crippen molar-refractivity contribution in [2.45, 2.75) is 352 Å². The highest BCUT2D eigenvalue weighted by Crippen LogP contribution is 2.50. The minimum Gasteiger partial charge on any atom is -0.490 e. The molecule has 0 bridgehead atoms. The van der Waals surface area contributed by atoms with Gasteiger partial charge in [-0.05, 0) is 214 Å².